The van der Waals surface area contributed by atoms with Gasteiger partial charge in [-0.15, -0.1) is 0 Å². The number of nitrogens with one attached hydrogen (secondary N) is 2. The number of halogens is 1. The minimum atomic E-state index is -1.29. The van der Waals surface area contributed by atoms with Gasteiger partial charge in [-0.3, -0.25) is 24.2 Å². The zero-order chi connectivity index (χ0) is 25.9. The molecule has 3 N–H and O–H groups in total. The van der Waals surface area contributed by atoms with E-state index in [1.165, 1.54) is 43.3 Å². The number of hydrogen-bond donors (Lipinski definition) is 3. The van der Waals surface area contributed by atoms with Crippen molar-refractivity contribution >= 4 is 35.3 Å². The normalized spacial score (nSPS) is 16.3. The van der Waals surface area contributed by atoms with Gasteiger partial charge in [-0.25, -0.2) is 14.2 Å². The van der Waals surface area contributed by atoms with Gasteiger partial charge in [0.1, 0.15) is 29.8 Å². The molecule has 4 amide bonds. The summed E-state index contributed by atoms with van der Waals surface area (Å²) in [4.78, 5) is 57.2. The molecule has 35 heavy (non-hydrogen) atoms. The second-order valence-corrected chi connectivity index (χ2v) is 8.68. The monoisotopic (exact) mass is 485 g/mol. The van der Waals surface area contributed by atoms with Gasteiger partial charge in [0.05, 0.1) is 5.69 Å². The van der Waals surface area contributed by atoms with E-state index in [2.05, 4.69) is 15.6 Å². The molecule has 1 aromatic heterocycles. The Morgan fingerprint density at radius 2 is 1.83 bits per heavy atom. The van der Waals surface area contributed by atoms with Crippen molar-refractivity contribution in [3.8, 4) is 0 Å². The molecule has 2 aromatic rings. The number of aromatic nitrogens is 1. The van der Waals surface area contributed by atoms with E-state index < -0.39 is 53.7 Å². The lowest BCUT2D eigenvalue weighted by molar-refractivity contribution is -0.131. The number of benzene rings is 1. The lowest BCUT2D eigenvalue weighted by Gasteiger charge is -2.31. The molecule has 11 heteroatoms. The van der Waals surface area contributed by atoms with Crippen LogP contribution in [0.25, 0.3) is 0 Å². The van der Waals surface area contributed by atoms with Gasteiger partial charge in [0.15, 0.2) is 0 Å². The highest BCUT2D eigenvalue weighted by Crippen LogP contribution is 2.32. The summed E-state index contributed by atoms with van der Waals surface area (Å²) < 4.78 is 14.1. The summed E-state index contributed by atoms with van der Waals surface area (Å²) in [6.45, 7) is 4.85. The number of carboxylic acid groups (broad SMARTS) is 1. The van der Waals surface area contributed by atoms with Crippen LogP contribution in [0, 0.1) is 11.7 Å². The fourth-order valence-electron chi connectivity index (χ4n) is 3.78. The highest BCUT2D eigenvalue weighted by atomic mass is 19.1. The van der Waals surface area contributed by atoms with E-state index >= 15 is 0 Å². The van der Waals surface area contributed by atoms with Gasteiger partial charge in [-0.2, -0.15) is 0 Å². The molecule has 0 bridgehead atoms. The van der Waals surface area contributed by atoms with E-state index in [4.69, 9.17) is 5.11 Å². The van der Waals surface area contributed by atoms with Crippen molar-refractivity contribution < 1.29 is 28.7 Å². The summed E-state index contributed by atoms with van der Waals surface area (Å²) in [6.07, 6.45) is 0.359. The van der Waals surface area contributed by atoms with Crippen molar-refractivity contribution in [2.75, 3.05) is 17.3 Å². The van der Waals surface area contributed by atoms with Crippen molar-refractivity contribution in [2.24, 2.45) is 5.92 Å². The maximum atomic E-state index is 14.1. The SMILES string of the molecule is CC(C)[C@H](NC(=O)[C@H](C)N(C)C(=O)O)C(=O)N1c2ncccc2C[C@H]1C(=O)Nc1ccccc1F. The first-order valence-corrected chi connectivity index (χ1v) is 11.1. The number of carbonyl (C=O) groups excluding carboxylic acids is 3. The Hall–Kier alpha value is -4.02. The highest BCUT2D eigenvalue weighted by molar-refractivity contribution is 6.09. The van der Waals surface area contributed by atoms with Crippen LogP contribution >= 0.6 is 0 Å². The Balaban J connectivity index is 1.90. The Labute approximate surface area is 202 Å². The van der Waals surface area contributed by atoms with Gasteiger partial charge < -0.3 is 15.7 Å². The van der Waals surface area contributed by atoms with Gasteiger partial charge in [-0.1, -0.05) is 32.0 Å². The first kappa shape index (κ1) is 25.6. The van der Waals surface area contributed by atoms with Crippen LogP contribution in [0.5, 0.6) is 0 Å². The lowest BCUT2D eigenvalue weighted by atomic mass is 10.0. The van der Waals surface area contributed by atoms with Crippen LogP contribution in [0.3, 0.4) is 0 Å². The van der Waals surface area contributed by atoms with E-state index in [0.29, 0.717) is 5.56 Å². The molecule has 186 valence electrons. The summed E-state index contributed by atoms with van der Waals surface area (Å²) in [5, 5.41) is 14.3. The quantitative estimate of drug-likeness (QED) is 0.551. The standard InChI is InChI=1S/C24H28FN5O5/c1-13(2)19(28-21(31)14(3)29(4)24(34)35)23(33)30-18(12-15-8-7-11-26-20(15)30)22(32)27-17-10-6-5-9-16(17)25/h5-11,13-14,18-19H,12H2,1-4H3,(H,27,32)(H,28,31)(H,34,35)/t14-,18-,19-/m0/s1. The van der Waals surface area contributed by atoms with Gasteiger partial charge in [0.25, 0.3) is 5.91 Å². The molecule has 0 radical (unpaired) electrons. The second-order valence-electron chi connectivity index (χ2n) is 8.68. The summed E-state index contributed by atoms with van der Waals surface area (Å²) in [6, 6.07) is 5.98. The maximum absolute atomic E-state index is 14.1. The predicted molar refractivity (Wildman–Crippen MR) is 126 cm³/mol. The van der Waals surface area contributed by atoms with Gasteiger partial charge >= 0.3 is 6.09 Å². The molecule has 1 aromatic carbocycles. The van der Waals surface area contributed by atoms with Crippen LogP contribution in [0.1, 0.15) is 26.3 Å². The molecule has 1 aliphatic rings. The van der Waals surface area contributed by atoms with Gasteiger partial charge in [-0.05, 0) is 36.6 Å². The lowest BCUT2D eigenvalue weighted by Crippen LogP contribution is -2.58. The van der Waals surface area contributed by atoms with Crippen LogP contribution in [0.4, 0.5) is 20.7 Å². The molecule has 0 unspecified atom stereocenters. The van der Waals surface area contributed by atoms with E-state index in [0.717, 1.165) is 4.90 Å². The van der Waals surface area contributed by atoms with E-state index in [-0.39, 0.29) is 17.9 Å². The number of fused-ring (bicyclic) bond motifs is 1. The first-order valence-electron chi connectivity index (χ1n) is 11.1. The fourth-order valence-corrected chi connectivity index (χ4v) is 3.78. The van der Waals surface area contributed by atoms with Crippen LogP contribution in [0.2, 0.25) is 0 Å². The Kier molecular flexibility index (Phi) is 7.68. The molecule has 10 nitrogen and oxygen atoms in total. The minimum Gasteiger partial charge on any atom is -0.465 e. The topological polar surface area (TPSA) is 132 Å². The number of likely N-dealkylation sites (N-methyl/N-ethyl adjacent to an activating group) is 1. The third-order valence-corrected chi connectivity index (χ3v) is 5.99. The Morgan fingerprint density at radius 3 is 2.46 bits per heavy atom. The number of carbonyl (C=O) groups is 4. The predicted octanol–water partition coefficient (Wildman–Crippen LogP) is 2.26. The number of nitrogens with zero attached hydrogens (tertiary/aromatic N) is 3. The minimum absolute atomic E-state index is 0.0203. The Bertz CT molecular complexity index is 1140. The summed E-state index contributed by atoms with van der Waals surface area (Å²) in [7, 11) is 1.25. The van der Waals surface area contributed by atoms with Crippen molar-refractivity contribution in [1.29, 1.82) is 0 Å². The van der Waals surface area contributed by atoms with Crippen molar-refractivity contribution in [3.63, 3.8) is 0 Å². The first-order chi connectivity index (χ1) is 16.5. The molecule has 3 rings (SSSR count). The van der Waals surface area contributed by atoms with Crippen molar-refractivity contribution in [1.82, 2.24) is 15.2 Å². The van der Waals surface area contributed by atoms with Crippen LogP contribution in [-0.2, 0) is 20.8 Å². The summed E-state index contributed by atoms with van der Waals surface area (Å²) >= 11 is 0. The molecule has 3 atom stereocenters. The number of rotatable bonds is 7. The zero-order valence-electron chi connectivity index (χ0n) is 19.9. The molecule has 0 saturated carbocycles. The van der Waals surface area contributed by atoms with Crippen LogP contribution in [-0.4, -0.2) is 64.0 Å². The maximum Gasteiger partial charge on any atom is 0.407 e. The largest absolute Gasteiger partial charge is 0.465 e. The smallest absolute Gasteiger partial charge is 0.407 e. The van der Waals surface area contributed by atoms with E-state index in [1.807, 2.05) is 0 Å². The summed E-state index contributed by atoms with van der Waals surface area (Å²) in [5.41, 5.74) is 0.635. The third kappa shape index (κ3) is 5.39. The molecule has 0 fully saturated rings. The number of anilines is 2. The second kappa shape index (κ2) is 10.5. The highest BCUT2D eigenvalue weighted by Gasteiger charge is 2.43. The van der Waals surface area contributed by atoms with Crippen molar-refractivity contribution in [3.05, 3.63) is 54.0 Å². The fraction of sp³-hybridized carbons (Fsp3) is 0.375. The van der Waals surface area contributed by atoms with Crippen molar-refractivity contribution in [2.45, 2.75) is 45.3 Å². The number of pyridine rings is 1. The number of hydrogen-bond acceptors (Lipinski definition) is 5. The van der Waals surface area contributed by atoms with E-state index in [9.17, 15) is 23.6 Å². The van der Waals surface area contributed by atoms with Crippen LogP contribution < -0.4 is 15.5 Å². The third-order valence-electron chi connectivity index (χ3n) is 5.99. The molecule has 0 spiro atoms. The molecule has 0 saturated heterocycles. The van der Waals surface area contributed by atoms with Gasteiger partial charge in [0, 0.05) is 19.7 Å². The average Bonchev–Trinajstić information content (AvgIpc) is 3.22. The Morgan fingerprint density at radius 1 is 1.14 bits per heavy atom. The molecule has 0 aliphatic carbocycles. The molecule has 1 aliphatic heterocycles. The van der Waals surface area contributed by atoms with Gasteiger partial charge in [0.2, 0.25) is 11.8 Å². The molecular weight excluding hydrogens is 457 g/mol. The zero-order valence-corrected chi connectivity index (χ0v) is 19.9. The average molecular weight is 486 g/mol. The summed E-state index contributed by atoms with van der Waals surface area (Å²) in [5.74, 6) is -2.57. The number of para-hydroxylation sites is 1. The van der Waals surface area contributed by atoms with Crippen LogP contribution in [0.15, 0.2) is 42.6 Å². The number of amides is 4. The molecule has 2 heterocycles. The van der Waals surface area contributed by atoms with E-state index in [1.54, 1.807) is 32.0 Å². The molecular formula is C24H28FN5O5.